The number of ether oxygens (including phenoxy) is 1. The van der Waals surface area contributed by atoms with Gasteiger partial charge in [0.25, 0.3) is 0 Å². The molecule has 18 heavy (non-hydrogen) atoms. The van der Waals surface area contributed by atoms with E-state index in [1.54, 1.807) is 6.20 Å². The van der Waals surface area contributed by atoms with Gasteiger partial charge in [-0.25, -0.2) is 9.97 Å². The van der Waals surface area contributed by atoms with Crippen molar-refractivity contribution >= 4 is 22.6 Å². The van der Waals surface area contributed by atoms with Gasteiger partial charge in [0.05, 0.1) is 3.57 Å². The fraction of sp³-hybridized carbons (Fsp3) is 0.231. The van der Waals surface area contributed by atoms with Crippen molar-refractivity contribution in [2.45, 2.75) is 20.4 Å². The number of aryl methyl sites for hydroxylation is 2. The van der Waals surface area contributed by atoms with E-state index in [-0.39, 0.29) is 0 Å². The maximum absolute atomic E-state index is 5.87. The highest BCUT2D eigenvalue weighted by Gasteiger charge is 2.10. The van der Waals surface area contributed by atoms with Gasteiger partial charge in [-0.15, -0.1) is 0 Å². The lowest BCUT2D eigenvalue weighted by atomic mass is 10.1. The second kappa shape index (κ2) is 5.62. The third-order valence-electron chi connectivity index (χ3n) is 2.59. The van der Waals surface area contributed by atoms with Gasteiger partial charge >= 0.3 is 0 Å². The molecular weight excluding hydrogens is 341 g/mol. The molecule has 0 aliphatic heterocycles. The molecular formula is C13H14IN3O. The highest BCUT2D eigenvalue weighted by molar-refractivity contribution is 14.1. The second-order valence-electron chi connectivity index (χ2n) is 4.04. The standard InChI is InChI=1S/C13H14IN3O/c1-8-3-10(5-15)4-9(2)12(8)18-13-11(14)6-16-7-17-13/h3-4,6-7H,5,15H2,1-2H3. The lowest BCUT2D eigenvalue weighted by molar-refractivity contribution is 0.450. The van der Waals surface area contributed by atoms with E-state index in [9.17, 15) is 0 Å². The van der Waals surface area contributed by atoms with Crippen molar-refractivity contribution in [3.05, 3.63) is 44.9 Å². The number of nitrogens with zero attached hydrogens (tertiary/aromatic N) is 2. The summed E-state index contributed by atoms with van der Waals surface area (Å²) in [4.78, 5) is 8.08. The maximum Gasteiger partial charge on any atom is 0.235 e. The van der Waals surface area contributed by atoms with Gasteiger partial charge in [-0.3, -0.25) is 0 Å². The number of hydrogen-bond acceptors (Lipinski definition) is 4. The van der Waals surface area contributed by atoms with E-state index in [2.05, 4.69) is 32.6 Å². The first-order valence-corrected chi connectivity index (χ1v) is 6.63. The van der Waals surface area contributed by atoms with Crippen molar-refractivity contribution in [2.75, 3.05) is 0 Å². The van der Waals surface area contributed by atoms with E-state index in [4.69, 9.17) is 10.5 Å². The summed E-state index contributed by atoms with van der Waals surface area (Å²) in [7, 11) is 0. The summed E-state index contributed by atoms with van der Waals surface area (Å²) in [6.07, 6.45) is 3.21. The van der Waals surface area contributed by atoms with Gasteiger partial charge in [0.15, 0.2) is 0 Å². The molecule has 0 fully saturated rings. The van der Waals surface area contributed by atoms with Crippen molar-refractivity contribution in [2.24, 2.45) is 5.73 Å². The predicted octanol–water partition coefficient (Wildman–Crippen LogP) is 2.95. The lowest BCUT2D eigenvalue weighted by Gasteiger charge is -2.13. The molecule has 0 unspecified atom stereocenters. The van der Waals surface area contributed by atoms with E-state index in [1.165, 1.54) is 6.33 Å². The molecule has 1 heterocycles. The van der Waals surface area contributed by atoms with Crippen LogP contribution in [0.15, 0.2) is 24.7 Å². The van der Waals surface area contributed by atoms with Crippen LogP contribution in [0.4, 0.5) is 0 Å². The van der Waals surface area contributed by atoms with E-state index < -0.39 is 0 Å². The smallest absolute Gasteiger partial charge is 0.235 e. The average molecular weight is 355 g/mol. The van der Waals surface area contributed by atoms with Gasteiger partial charge < -0.3 is 10.5 Å². The molecule has 2 N–H and O–H groups in total. The molecule has 0 saturated carbocycles. The molecule has 0 bridgehead atoms. The monoisotopic (exact) mass is 355 g/mol. The fourth-order valence-electron chi connectivity index (χ4n) is 1.79. The van der Waals surface area contributed by atoms with Crippen molar-refractivity contribution in [1.82, 2.24) is 9.97 Å². The summed E-state index contributed by atoms with van der Waals surface area (Å²) in [5, 5.41) is 0. The van der Waals surface area contributed by atoms with Crippen LogP contribution in [-0.4, -0.2) is 9.97 Å². The van der Waals surface area contributed by atoms with Crippen molar-refractivity contribution in [3.8, 4) is 11.6 Å². The summed E-state index contributed by atoms with van der Waals surface area (Å²) in [6, 6.07) is 4.08. The van der Waals surface area contributed by atoms with Crippen molar-refractivity contribution < 1.29 is 4.74 Å². The summed E-state index contributed by atoms with van der Waals surface area (Å²) < 4.78 is 6.76. The van der Waals surface area contributed by atoms with E-state index in [1.807, 2.05) is 26.0 Å². The van der Waals surface area contributed by atoms with Crippen LogP contribution in [0.3, 0.4) is 0 Å². The number of halogens is 1. The number of hydrogen-bond donors (Lipinski definition) is 1. The minimum absolute atomic E-state index is 0.535. The summed E-state index contributed by atoms with van der Waals surface area (Å²) >= 11 is 2.15. The Morgan fingerprint density at radius 3 is 2.50 bits per heavy atom. The highest BCUT2D eigenvalue weighted by Crippen LogP contribution is 2.30. The van der Waals surface area contributed by atoms with Crippen LogP contribution in [0.5, 0.6) is 11.6 Å². The van der Waals surface area contributed by atoms with Crippen LogP contribution >= 0.6 is 22.6 Å². The molecule has 0 aliphatic carbocycles. The molecule has 0 spiro atoms. The number of benzene rings is 1. The van der Waals surface area contributed by atoms with Gasteiger partial charge in [0.2, 0.25) is 5.88 Å². The minimum Gasteiger partial charge on any atom is -0.437 e. The molecule has 1 aromatic carbocycles. The summed E-state index contributed by atoms with van der Waals surface area (Å²) in [5.74, 6) is 1.42. The van der Waals surface area contributed by atoms with Gasteiger partial charge in [-0.1, -0.05) is 12.1 Å². The zero-order valence-electron chi connectivity index (χ0n) is 10.3. The molecule has 0 aliphatic rings. The third kappa shape index (κ3) is 2.78. The van der Waals surface area contributed by atoms with E-state index in [0.29, 0.717) is 12.4 Å². The normalized spacial score (nSPS) is 10.4. The predicted molar refractivity (Wildman–Crippen MR) is 78.6 cm³/mol. The minimum atomic E-state index is 0.535. The van der Waals surface area contributed by atoms with Gasteiger partial charge in [-0.05, 0) is 53.1 Å². The molecule has 0 radical (unpaired) electrons. The molecule has 0 atom stereocenters. The highest BCUT2D eigenvalue weighted by atomic mass is 127. The Kier molecular flexibility index (Phi) is 4.13. The van der Waals surface area contributed by atoms with Gasteiger partial charge in [0.1, 0.15) is 12.1 Å². The first-order chi connectivity index (χ1) is 8.61. The quantitative estimate of drug-likeness (QED) is 0.860. The first kappa shape index (κ1) is 13.2. The zero-order valence-corrected chi connectivity index (χ0v) is 12.4. The van der Waals surface area contributed by atoms with Crippen LogP contribution in [0.1, 0.15) is 16.7 Å². The SMILES string of the molecule is Cc1cc(CN)cc(C)c1Oc1ncncc1I. The number of aromatic nitrogens is 2. The fourth-order valence-corrected chi connectivity index (χ4v) is 2.20. The Morgan fingerprint density at radius 2 is 1.94 bits per heavy atom. The molecule has 5 heteroatoms. The first-order valence-electron chi connectivity index (χ1n) is 5.55. The van der Waals surface area contributed by atoms with Crippen molar-refractivity contribution in [3.63, 3.8) is 0 Å². The van der Waals surface area contributed by atoms with Crippen molar-refractivity contribution in [1.29, 1.82) is 0 Å². The largest absolute Gasteiger partial charge is 0.437 e. The number of rotatable bonds is 3. The second-order valence-corrected chi connectivity index (χ2v) is 5.20. The van der Waals surface area contributed by atoms with E-state index >= 15 is 0 Å². The van der Waals surface area contributed by atoms with Crippen LogP contribution < -0.4 is 10.5 Å². The van der Waals surface area contributed by atoms with Crippen LogP contribution in [0, 0.1) is 17.4 Å². The zero-order chi connectivity index (χ0) is 13.1. The van der Waals surface area contributed by atoms with Crippen LogP contribution in [0.2, 0.25) is 0 Å². The van der Waals surface area contributed by atoms with Gasteiger partial charge in [0, 0.05) is 12.7 Å². The molecule has 0 amide bonds. The summed E-state index contributed by atoms with van der Waals surface area (Å²) in [5.41, 5.74) is 8.88. The molecule has 2 rings (SSSR count). The third-order valence-corrected chi connectivity index (χ3v) is 3.33. The molecule has 2 aromatic rings. The van der Waals surface area contributed by atoms with E-state index in [0.717, 1.165) is 26.0 Å². The molecule has 1 aromatic heterocycles. The summed E-state index contributed by atoms with van der Waals surface area (Å²) in [6.45, 7) is 4.55. The molecule has 4 nitrogen and oxygen atoms in total. The van der Waals surface area contributed by atoms with Gasteiger partial charge in [-0.2, -0.15) is 0 Å². The van der Waals surface area contributed by atoms with Crippen LogP contribution in [-0.2, 0) is 6.54 Å². The number of nitrogens with two attached hydrogens (primary N) is 1. The topological polar surface area (TPSA) is 61.0 Å². The van der Waals surface area contributed by atoms with Crippen LogP contribution in [0.25, 0.3) is 0 Å². The molecule has 94 valence electrons. The Bertz CT molecular complexity index is 549. The Labute approximate surface area is 120 Å². The Balaban J connectivity index is 2.38. The lowest BCUT2D eigenvalue weighted by Crippen LogP contribution is -2.00. The Hall–Kier alpha value is -1.21. The molecule has 0 saturated heterocycles. The average Bonchev–Trinajstić information content (AvgIpc) is 2.35. The maximum atomic E-state index is 5.87. The Morgan fingerprint density at radius 1 is 1.28 bits per heavy atom.